The second-order valence-corrected chi connectivity index (χ2v) is 6.90. The Morgan fingerprint density at radius 1 is 1.35 bits per heavy atom. The number of hydrogen-bond acceptors (Lipinski definition) is 5. The van der Waals surface area contributed by atoms with E-state index in [4.69, 9.17) is 21.8 Å². The van der Waals surface area contributed by atoms with E-state index in [1.807, 2.05) is 10.6 Å². The van der Waals surface area contributed by atoms with Crippen molar-refractivity contribution in [1.82, 2.24) is 14.8 Å². The second-order valence-electron chi connectivity index (χ2n) is 5.56. The highest BCUT2D eigenvalue weighted by atomic mass is 35.5. The van der Waals surface area contributed by atoms with Crippen LogP contribution in [0.1, 0.15) is 23.6 Å². The monoisotopic (exact) mass is 394 g/mol. The van der Waals surface area contributed by atoms with Crippen LogP contribution in [0.4, 0.5) is 4.39 Å². The summed E-state index contributed by atoms with van der Waals surface area (Å²) in [7, 11) is 0. The number of halogens is 2. The van der Waals surface area contributed by atoms with E-state index in [0.29, 0.717) is 34.7 Å². The number of carbonyl (C=O) groups excluding carboxylic acids is 1. The van der Waals surface area contributed by atoms with Gasteiger partial charge < -0.3 is 10.2 Å². The molecule has 0 radical (unpaired) electrons. The van der Waals surface area contributed by atoms with Crippen LogP contribution in [0, 0.1) is 5.82 Å². The number of hydrogen-bond donors (Lipinski definition) is 1. The van der Waals surface area contributed by atoms with Crippen molar-refractivity contribution in [1.29, 1.82) is 0 Å². The van der Waals surface area contributed by atoms with Crippen molar-refractivity contribution in [2.75, 3.05) is 0 Å². The topological polar surface area (TPSA) is 86.9 Å². The molecule has 3 aromatic rings. The first-order valence-electron chi connectivity index (χ1n) is 7.82. The van der Waals surface area contributed by atoms with Gasteiger partial charge in [-0.25, -0.2) is 4.39 Å². The highest BCUT2D eigenvalue weighted by molar-refractivity contribution is 7.98. The van der Waals surface area contributed by atoms with Gasteiger partial charge in [-0.1, -0.05) is 29.4 Å². The normalized spacial score (nSPS) is 11.0. The third kappa shape index (κ3) is 4.64. The van der Waals surface area contributed by atoms with E-state index in [2.05, 4.69) is 10.2 Å². The van der Waals surface area contributed by atoms with Crippen molar-refractivity contribution in [3.8, 4) is 0 Å². The maximum atomic E-state index is 13.2. The molecule has 0 bridgehead atoms. The number of aryl methyl sites for hydroxylation is 1. The molecule has 3 rings (SSSR count). The van der Waals surface area contributed by atoms with Crippen LogP contribution in [0.2, 0.25) is 5.02 Å². The zero-order valence-electron chi connectivity index (χ0n) is 13.7. The van der Waals surface area contributed by atoms with E-state index in [9.17, 15) is 9.18 Å². The summed E-state index contributed by atoms with van der Waals surface area (Å²) in [6.45, 7) is 0.438. The zero-order valence-corrected chi connectivity index (χ0v) is 15.3. The van der Waals surface area contributed by atoms with Crippen LogP contribution in [0.15, 0.2) is 46.2 Å². The van der Waals surface area contributed by atoms with Crippen molar-refractivity contribution in [2.45, 2.75) is 30.3 Å². The third-order valence-electron chi connectivity index (χ3n) is 3.65. The number of rotatable bonds is 8. The van der Waals surface area contributed by atoms with Crippen molar-refractivity contribution < 1.29 is 13.6 Å². The number of aromatic nitrogens is 3. The Morgan fingerprint density at radius 3 is 2.88 bits per heavy atom. The van der Waals surface area contributed by atoms with E-state index in [1.54, 1.807) is 18.4 Å². The Hall–Kier alpha value is -2.32. The summed E-state index contributed by atoms with van der Waals surface area (Å²) in [5, 5.41) is 9.39. The van der Waals surface area contributed by atoms with Gasteiger partial charge >= 0.3 is 0 Å². The van der Waals surface area contributed by atoms with Crippen molar-refractivity contribution in [3.05, 3.63) is 64.6 Å². The Balaban J connectivity index is 1.79. The Bertz CT molecular complexity index is 898. The van der Waals surface area contributed by atoms with Crippen molar-refractivity contribution >= 4 is 29.3 Å². The number of amides is 1. The second kappa shape index (κ2) is 8.37. The van der Waals surface area contributed by atoms with E-state index >= 15 is 0 Å². The first-order valence-corrected chi connectivity index (χ1v) is 9.19. The minimum atomic E-state index is -0.398. The summed E-state index contributed by atoms with van der Waals surface area (Å²) >= 11 is 7.50. The summed E-state index contributed by atoms with van der Waals surface area (Å²) in [5.74, 6) is 1.12. The number of benzene rings is 1. The van der Waals surface area contributed by atoms with Gasteiger partial charge in [0.2, 0.25) is 5.91 Å². The lowest BCUT2D eigenvalue weighted by molar-refractivity contribution is -0.118. The molecule has 2 heterocycles. The maximum Gasteiger partial charge on any atom is 0.217 e. The SMILES string of the molecule is NC(=O)CCc1nnc(SCc2ccc(F)cc2Cl)n1Cc1ccco1. The predicted molar refractivity (Wildman–Crippen MR) is 96.3 cm³/mol. The van der Waals surface area contributed by atoms with Gasteiger partial charge in [0, 0.05) is 23.6 Å². The first kappa shape index (κ1) is 18.5. The molecule has 0 spiro atoms. The Kier molecular flexibility index (Phi) is 5.95. The quantitative estimate of drug-likeness (QED) is 0.591. The average Bonchev–Trinajstić information content (AvgIpc) is 3.23. The first-order chi connectivity index (χ1) is 12.5. The molecule has 1 aromatic carbocycles. The van der Waals surface area contributed by atoms with Crippen molar-refractivity contribution in [2.24, 2.45) is 5.73 Å². The number of thioether (sulfide) groups is 1. The molecule has 0 aliphatic rings. The third-order valence-corrected chi connectivity index (χ3v) is 5.02. The molecule has 0 aliphatic heterocycles. The highest BCUT2D eigenvalue weighted by Crippen LogP contribution is 2.27. The van der Waals surface area contributed by atoms with Crippen LogP contribution < -0.4 is 5.73 Å². The molecule has 6 nitrogen and oxygen atoms in total. The molecule has 2 N–H and O–H groups in total. The lowest BCUT2D eigenvalue weighted by atomic mass is 10.2. The van der Waals surface area contributed by atoms with Crippen LogP contribution in [0.25, 0.3) is 0 Å². The van der Waals surface area contributed by atoms with E-state index < -0.39 is 5.91 Å². The molecular formula is C17H16ClFN4O2S. The molecule has 0 fully saturated rings. The van der Waals surface area contributed by atoms with Crippen molar-refractivity contribution in [3.63, 3.8) is 0 Å². The van der Waals surface area contributed by atoms with Crippen LogP contribution in [-0.4, -0.2) is 20.7 Å². The number of nitrogens with zero attached hydrogens (tertiary/aromatic N) is 3. The summed E-state index contributed by atoms with van der Waals surface area (Å²) in [5.41, 5.74) is 6.03. The largest absolute Gasteiger partial charge is 0.467 e. The summed E-state index contributed by atoms with van der Waals surface area (Å²) in [6.07, 6.45) is 2.17. The molecule has 2 aromatic heterocycles. The standard InChI is InChI=1S/C17H16ClFN4O2S/c18-14-8-12(19)4-3-11(14)10-26-17-22-21-16(6-5-15(20)24)23(17)9-13-2-1-7-25-13/h1-4,7-8H,5-6,9-10H2,(H2,20,24). The molecular weight excluding hydrogens is 379 g/mol. The van der Waals surface area contributed by atoms with Gasteiger partial charge in [-0.3, -0.25) is 9.36 Å². The summed E-state index contributed by atoms with van der Waals surface area (Å²) < 4.78 is 20.5. The Morgan fingerprint density at radius 2 is 2.19 bits per heavy atom. The van der Waals surface area contributed by atoms with Gasteiger partial charge in [-0.2, -0.15) is 0 Å². The predicted octanol–water partition coefficient (Wildman–Crippen LogP) is 3.42. The fourth-order valence-electron chi connectivity index (χ4n) is 2.34. The van der Waals surface area contributed by atoms with Gasteiger partial charge in [0.1, 0.15) is 17.4 Å². The lowest BCUT2D eigenvalue weighted by Gasteiger charge is -2.09. The minimum absolute atomic E-state index is 0.185. The van der Waals surface area contributed by atoms with E-state index in [0.717, 1.165) is 11.3 Å². The fraction of sp³-hybridized carbons (Fsp3) is 0.235. The molecule has 0 atom stereocenters. The molecule has 26 heavy (non-hydrogen) atoms. The number of furan rings is 1. The summed E-state index contributed by atoms with van der Waals surface area (Å²) in [6, 6.07) is 7.94. The van der Waals surface area contributed by atoms with Crippen LogP contribution >= 0.6 is 23.4 Å². The Labute approximate surface area is 158 Å². The molecule has 9 heteroatoms. The molecule has 0 saturated carbocycles. The average molecular weight is 395 g/mol. The smallest absolute Gasteiger partial charge is 0.217 e. The number of carbonyl (C=O) groups is 1. The molecule has 0 unspecified atom stereocenters. The van der Waals surface area contributed by atoms with Crippen LogP contribution in [0.3, 0.4) is 0 Å². The molecule has 0 aliphatic carbocycles. The number of nitrogens with two attached hydrogens (primary N) is 1. The van der Waals surface area contributed by atoms with Crippen LogP contribution in [0.5, 0.6) is 0 Å². The zero-order chi connectivity index (χ0) is 18.5. The summed E-state index contributed by atoms with van der Waals surface area (Å²) in [4.78, 5) is 11.1. The van der Waals surface area contributed by atoms with Gasteiger partial charge in [0.15, 0.2) is 5.16 Å². The van der Waals surface area contributed by atoms with E-state index in [-0.39, 0.29) is 12.2 Å². The van der Waals surface area contributed by atoms with Gasteiger partial charge in [0.05, 0.1) is 12.8 Å². The van der Waals surface area contributed by atoms with E-state index in [1.165, 1.54) is 23.9 Å². The number of primary amides is 1. The fourth-order valence-corrected chi connectivity index (χ4v) is 3.62. The van der Waals surface area contributed by atoms with Gasteiger partial charge in [-0.05, 0) is 29.8 Å². The van der Waals surface area contributed by atoms with Gasteiger partial charge in [-0.15, -0.1) is 10.2 Å². The molecule has 0 saturated heterocycles. The van der Waals surface area contributed by atoms with Crippen LogP contribution in [-0.2, 0) is 23.5 Å². The maximum absolute atomic E-state index is 13.2. The van der Waals surface area contributed by atoms with Gasteiger partial charge in [0.25, 0.3) is 0 Å². The molecule has 136 valence electrons. The highest BCUT2D eigenvalue weighted by Gasteiger charge is 2.15. The minimum Gasteiger partial charge on any atom is -0.467 e. The lowest BCUT2D eigenvalue weighted by Crippen LogP contribution is -2.14. The molecule has 1 amide bonds.